The lowest BCUT2D eigenvalue weighted by Crippen LogP contribution is -2.14. The molecule has 486 valence electrons. The zero-order valence-electron chi connectivity index (χ0n) is 63.8. The number of rotatable bonds is 19. The van der Waals surface area contributed by atoms with Crippen LogP contribution in [-0.2, 0) is 0 Å². The Hall–Kier alpha value is -3.12. The SMILES string of the molecule is C/C=C(\C)C(C)C.C/C=C/C(C)C.C/C=C\C(C)C.C=C(C)C(C)C.C=C(C)CC(C)C.C=C(C)CCC(C)C.C=CC(C)(C)C(C)C.C=CC(C)C.C=CC(C)C(C)C.C=CCC(C)C.CC(C)=CC(C)C.CC(C)=CCC(C)C. The molecule has 81 heavy (non-hydrogen) atoms. The third-order valence-electron chi connectivity index (χ3n) is 11.6. The summed E-state index contributed by atoms with van der Waals surface area (Å²) >= 11 is 0. The van der Waals surface area contributed by atoms with Crippen LogP contribution in [0.1, 0.15) is 295 Å². The van der Waals surface area contributed by atoms with Crippen LogP contribution < -0.4 is 0 Å². The van der Waals surface area contributed by atoms with Gasteiger partial charge in [0.15, 0.2) is 0 Å². The van der Waals surface area contributed by atoms with Crippen LogP contribution in [0.4, 0.5) is 0 Å². The van der Waals surface area contributed by atoms with Gasteiger partial charge in [0.25, 0.3) is 0 Å². The second-order valence-electron chi connectivity index (χ2n) is 27.5. The normalized spacial score (nSPS) is 10.7. The van der Waals surface area contributed by atoms with E-state index in [1.54, 1.807) is 0 Å². The van der Waals surface area contributed by atoms with E-state index in [4.69, 9.17) is 0 Å². The van der Waals surface area contributed by atoms with Gasteiger partial charge in [0.2, 0.25) is 0 Å². The van der Waals surface area contributed by atoms with Crippen LogP contribution in [0.15, 0.2) is 146 Å². The largest absolute Gasteiger partial charge is 0.103 e. The molecule has 0 fully saturated rings. The lowest BCUT2D eigenvalue weighted by Gasteiger charge is -2.24. The molecule has 0 nitrogen and oxygen atoms in total. The fourth-order valence-electron chi connectivity index (χ4n) is 4.31. The van der Waals surface area contributed by atoms with Crippen LogP contribution in [-0.4, -0.2) is 0 Å². The first-order valence-corrected chi connectivity index (χ1v) is 32.2. The van der Waals surface area contributed by atoms with Crippen LogP contribution in [0, 0.1) is 82.3 Å². The fourth-order valence-corrected chi connectivity index (χ4v) is 4.31. The average molecular weight is 1140 g/mol. The minimum Gasteiger partial charge on any atom is -0.103 e. The van der Waals surface area contributed by atoms with E-state index in [2.05, 4.69) is 331 Å². The molecule has 0 N–H and O–H groups in total. The topological polar surface area (TPSA) is 0 Å². The summed E-state index contributed by atoms with van der Waals surface area (Å²) in [5.41, 5.74) is 8.47. The van der Waals surface area contributed by atoms with Gasteiger partial charge in [0.05, 0.1) is 0 Å². The molecule has 0 heterocycles. The lowest BCUT2D eigenvalue weighted by molar-refractivity contribution is 0.334. The Kier molecular flexibility index (Phi) is 101. The molecule has 0 aliphatic heterocycles. The highest BCUT2D eigenvalue weighted by atomic mass is 14.2. The molecule has 0 aromatic carbocycles. The van der Waals surface area contributed by atoms with Gasteiger partial charge in [0, 0.05) is 0 Å². The maximum atomic E-state index is 3.83. The first-order valence-electron chi connectivity index (χ1n) is 32.2. The van der Waals surface area contributed by atoms with Crippen LogP contribution >= 0.6 is 0 Å². The molecule has 0 heteroatoms. The van der Waals surface area contributed by atoms with Gasteiger partial charge in [-0.15, -0.1) is 39.5 Å². The van der Waals surface area contributed by atoms with Gasteiger partial charge in [-0.2, -0.15) is 0 Å². The Morgan fingerprint density at radius 1 is 0.444 bits per heavy atom. The fraction of sp³-hybridized carbons (Fsp3) is 0.704. The van der Waals surface area contributed by atoms with Crippen LogP contribution in [0.2, 0.25) is 0 Å². The Morgan fingerprint density at radius 2 is 0.815 bits per heavy atom. The summed E-state index contributed by atoms with van der Waals surface area (Å²) in [6, 6.07) is 0. The molecule has 0 aliphatic rings. The van der Waals surface area contributed by atoms with E-state index in [1.807, 2.05) is 45.1 Å². The molecule has 0 aromatic rings. The van der Waals surface area contributed by atoms with Crippen LogP contribution in [0.3, 0.4) is 0 Å². The van der Waals surface area contributed by atoms with Crippen LogP contribution in [0.25, 0.3) is 0 Å². The molecule has 0 bridgehead atoms. The lowest BCUT2D eigenvalue weighted by atomic mass is 9.82. The van der Waals surface area contributed by atoms with Crippen molar-refractivity contribution in [3.63, 3.8) is 0 Å². The average Bonchev–Trinajstić information content (AvgIpc) is 3.30. The van der Waals surface area contributed by atoms with Gasteiger partial charge in [0.1, 0.15) is 0 Å². The summed E-state index contributed by atoms with van der Waals surface area (Å²) in [6.45, 7) is 108. The number of hydrogen-bond acceptors (Lipinski definition) is 0. The zero-order valence-corrected chi connectivity index (χ0v) is 63.8. The van der Waals surface area contributed by atoms with Gasteiger partial charge in [-0.25, -0.2) is 0 Å². The van der Waals surface area contributed by atoms with Crippen molar-refractivity contribution in [2.24, 2.45) is 82.3 Å². The monoisotopic (exact) mass is 1140 g/mol. The maximum Gasteiger partial charge on any atom is -0.0155 e. The maximum absolute atomic E-state index is 3.83. The van der Waals surface area contributed by atoms with Crippen molar-refractivity contribution in [3.8, 4) is 0 Å². The molecule has 0 saturated heterocycles. The van der Waals surface area contributed by atoms with Crippen molar-refractivity contribution < 1.29 is 0 Å². The van der Waals surface area contributed by atoms with Gasteiger partial charge in [-0.3, -0.25) is 0 Å². The second kappa shape index (κ2) is 76.9. The van der Waals surface area contributed by atoms with Crippen molar-refractivity contribution in [2.75, 3.05) is 0 Å². The smallest absolute Gasteiger partial charge is 0.0155 e. The summed E-state index contributed by atoms with van der Waals surface area (Å²) in [5.74, 6) is 9.48. The highest BCUT2D eigenvalue weighted by Crippen LogP contribution is 2.26. The predicted molar refractivity (Wildman–Crippen MR) is 397 cm³/mol. The summed E-state index contributed by atoms with van der Waals surface area (Å²) < 4.78 is 0. The Labute approximate surface area is 521 Å². The van der Waals surface area contributed by atoms with Gasteiger partial charge < -0.3 is 0 Å². The van der Waals surface area contributed by atoms with E-state index in [-0.39, 0.29) is 0 Å². The predicted octanol–water partition coefficient (Wildman–Crippen LogP) is 29.8. The van der Waals surface area contributed by atoms with E-state index >= 15 is 0 Å². The van der Waals surface area contributed by atoms with Crippen LogP contribution in [0.5, 0.6) is 0 Å². The standard InChI is InChI=1S/3C8H16.4C7H14.4C6H12.C5H10/c2*1-7(2)5-6-8(3)4;1-6-8(4,5)7(2)3;2*1-6(2)5-7(3)4;2*1-5-7(4)6(2)3;1-5(2)6(3)4;3*1-4-5-6(2)3;1-4-5(2)3/h5,8H,6H2,1-4H3;8H,1,5-6H2,2-4H3;6-7H,1H2,2-5H3;5-6H,1-4H3;7H,1,5H2,2-4H3;5-6H,1-4H3;5-7H,1H2,2-4H3;6H,1H2,2-4H3;2*4-6H,1-3H3;4,6H,1,5H2,2-3H3;4-5H,1H2,2-3H3/b;;;;;7-5+;;;5-4+;5-4-;;. The van der Waals surface area contributed by atoms with E-state index in [9.17, 15) is 0 Å². The summed E-state index contributed by atoms with van der Waals surface area (Å²) in [5, 5.41) is 0. The van der Waals surface area contributed by atoms with Gasteiger partial charge in [-0.1, -0.05) is 294 Å². The molecule has 0 radical (unpaired) electrons. The van der Waals surface area contributed by atoms with E-state index in [0.717, 1.165) is 53.8 Å². The molecule has 0 aromatic heterocycles. The quantitative estimate of drug-likeness (QED) is 0.113. The molecule has 0 amide bonds. The van der Waals surface area contributed by atoms with Crippen molar-refractivity contribution in [2.45, 2.75) is 295 Å². The summed E-state index contributed by atoms with van der Waals surface area (Å²) in [7, 11) is 0. The van der Waals surface area contributed by atoms with Gasteiger partial charge >= 0.3 is 0 Å². The highest BCUT2D eigenvalue weighted by Gasteiger charge is 2.16. The Bertz CT molecular complexity index is 1460. The molecule has 0 spiro atoms. The Morgan fingerprint density at radius 3 is 0.840 bits per heavy atom. The second-order valence-corrected chi connectivity index (χ2v) is 27.5. The highest BCUT2D eigenvalue weighted by molar-refractivity contribution is 4.98. The first kappa shape index (κ1) is 106. The van der Waals surface area contributed by atoms with Crippen molar-refractivity contribution >= 4 is 0 Å². The van der Waals surface area contributed by atoms with Crippen molar-refractivity contribution in [3.05, 3.63) is 146 Å². The number of allylic oxidation sites excluding steroid dienone is 17. The first-order chi connectivity index (χ1) is 36.6. The summed E-state index contributed by atoms with van der Waals surface area (Å²) in [6.07, 6.45) is 29.0. The minimum atomic E-state index is 0.306. The molecule has 0 aliphatic carbocycles. The molecule has 0 saturated carbocycles. The van der Waals surface area contributed by atoms with Gasteiger partial charge in [-0.05, 0) is 191 Å². The van der Waals surface area contributed by atoms with Crippen molar-refractivity contribution in [1.29, 1.82) is 0 Å². The van der Waals surface area contributed by atoms with E-state index in [0.29, 0.717) is 35.0 Å². The molecule has 1 unspecified atom stereocenters. The zero-order chi connectivity index (χ0) is 67.8. The third kappa shape index (κ3) is 167. The van der Waals surface area contributed by atoms with E-state index in [1.165, 1.54) is 59.1 Å². The third-order valence-corrected chi connectivity index (χ3v) is 11.6. The molecule has 1 atom stereocenters. The Balaban J connectivity index is -0.0000000643. The molecular formula is C81H162. The molecule has 0 rings (SSSR count). The van der Waals surface area contributed by atoms with Crippen molar-refractivity contribution in [1.82, 2.24) is 0 Å². The van der Waals surface area contributed by atoms with E-state index < -0.39 is 0 Å². The molecular weight excluding hydrogens is 973 g/mol. The summed E-state index contributed by atoms with van der Waals surface area (Å²) in [4.78, 5) is 0. The number of hydrogen-bond donors (Lipinski definition) is 0. The minimum absolute atomic E-state index is 0.306.